The van der Waals surface area contributed by atoms with Gasteiger partial charge in [0.05, 0.1) is 25.8 Å². The molecule has 0 saturated carbocycles. The van der Waals surface area contributed by atoms with Crippen molar-refractivity contribution in [1.82, 2.24) is 9.88 Å². The second-order valence-corrected chi connectivity index (χ2v) is 7.75. The molecule has 0 bridgehead atoms. The fourth-order valence-corrected chi connectivity index (χ4v) is 4.05. The maximum atomic E-state index is 13.2. The Balaban J connectivity index is 1.85. The third-order valence-corrected chi connectivity index (χ3v) is 5.72. The van der Waals surface area contributed by atoms with Crippen molar-refractivity contribution in [1.29, 1.82) is 0 Å². The summed E-state index contributed by atoms with van der Waals surface area (Å²) in [5, 5.41) is 11.2. The highest BCUT2D eigenvalue weighted by molar-refractivity contribution is 6.46. The Kier molecular flexibility index (Phi) is 6.13. The minimum Gasteiger partial charge on any atom is -0.507 e. The molecule has 7 heteroatoms. The van der Waals surface area contributed by atoms with E-state index >= 15 is 0 Å². The molecule has 0 aliphatic carbocycles. The lowest BCUT2D eigenvalue weighted by Gasteiger charge is -2.25. The number of aliphatic hydroxyl groups excluding tert-OH is 1. The standard InChI is InChI=1S/C26H24N2O5/c1-16-13-19(8-11-21(16)33-3)24(29)22-23(18-6-9-20(32-2)10-7-18)28(26(31)25(22)30)15-17-5-4-12-27-14-17/h4-14,23,29H,15H2,1-3H3. The van der Waals surface area contributed by atoms with Crippen LogP contribution in [0, 0.1) is 6.92 Å². The molecule has 4 rings (SSSR count). The number of methoxy groups -OCH3 is 2. The number of rotatable bonds is 6. The number of aliphatic hydroxyl groups is 1. The molecule has 33 heavy (non-hydrogen) atoms. The molecule has 1 unspecified atom stereocenters. The number of Topliss-reactive ketones (excluding diaryl/α,β-unsaturated/α-hetero) is 1. The van der Waals surface area contributed by atoms with Crippen molar-refractivity contribution in [3.8, 4) is 11.5 Å². The van der Waals surface area contributed by atoms with Crippen molar-refractivity contribution in [2.45, 2.75) is 19.5 Å². The molecule has 1 aromatic heterocycles. The molecule has 3 aromatic rings. The first kappa shape index (κ1) is 22.1. The highest BCUT2D eigenvalue weighted by atomic mass is 16.5. The average molecular weight is 444 g/mol. The van der Waals surface area contributed by atoms with E-state index < -0.39 is 17.7 Å². The fraction of sp³-hybridized carbons (Fsp3) is 0.192. The van der Waals surface area contributed by atoms with Crippen molar-refractivity contribution in [2.75, 3.05) is 14.2 Å². The highest BCUT2D eigenvalue weighted by Gasteiger charge is 2.46. The number of hydrogen-bond acceptors (Lipinski definition) is 6. The molecular formula is C26H24N2O5. The van der Waals surface area contributed by atoms with Crippen LogP contribution in [0.4, 0.5) is 0 Å². The average Bonchev–Trinajstić information content (AvgIpc) is 3.09. The lowest BCUT2D eigenvalue weighted by molar-refractivity contribution is -0.140. The Morgan fingerprint density at radius 3 is 2.42 bits per heavy atom. The van der Waals surface area contributed by atoms with Gasteiger partial charge in [0.2, 0.25) is 0 Å². The summed E-state index contributed by atoms with van der Waals surface area (Å²) in [6, 6.07) is 15.1. The number of ether oxygens (including phenoxy) is 2. The number of hydrogen-bond donors (Lipinski definition) is 1. The van der Waals surface area contributed by atoms with Crippen LogP contribution in [0.15, 0.2) is 72.6 Å². The molecule has 1 aliphatic heterocycles. The van der Waals surface area contributed by atoms with E-state index in [0.717, 1.165) is 11.1 Å². The van der Waals surface area contributed by atoms with Crippen LogP contribution < -0.4 is 9.47 Å². The van der Waals surface area contributed by atoms with Gasteiger partial charge in [-0.25, -0.2) is 0 Å². The Morgan fingerprint density at radius 2 is 1.82 bits per heavy atom. The number of likely N-dealkylation sites (tertiary alicyclic amines) is 1. The van der Waals surface area contributed by atoms with Gasteiger partial charge in [-0.2, -0.15) is 0 Å². The van der Waals surface area contributed by atoms with E-state index in [0.29, 0.717) is 22.6 Å². The smallest absolute Gasteiger partial charge is 0.295 e. The van der Waals surface area contributed by atoms with E-state index in [1.165, 1.54) is 4.90 Å². The minimum absolute atomic E-state index is 0.0404. The first-order valence-electron chi connectivity index (χ1n) is 10.4. The van der Waals surface area contributed by atoms with Gasteiger partial charge in [0.15, 0.2) is 0 Å². The SMILES string of the molecule is COc1ccc(C2C(=C(O)c3ccc(OC)c(C)c3)C(=O)C(=O)N2Cc2cccnc2)cc1. The summed E-state index contributed by atoms with van der Waals surface area (Å²) in [4.78, 5) is 31.8. The first-order valence-corrected chi connectivity index (χ1v) is 10.4. The van der Waals surface area contributed by atoms with Crippen LogP contribution in [-0.2, 0) is 16.1 Å². The maximum Gasteiger partial charge on any atom is 0.295 e. The van der Waals surface area contributed by atoms with Crippen LogP contribution in [0.1, 0.15) is 28.3 Å². The number of carbonyl (C=O) groups excluding carboxylic acids is 2. The summed E-state index contributed by atoms with van der Waals surface area (Å²) in [6.45, 7) is 2.02. The van der Waals surface area contributed by atoms with Gasteiger partial charge in [-0.05, 0) is 60.0 Å². The van der Waals surface area contributed by atoms with Gasteiger partial charge in [0.1, 0.15) is 17.3 Å². The number of aromatic nitrogens is 1. The highest BCUT2D eigenvalue weighted by Crippen LogP contribution is 2.41. The van der Waals surface area contributed by atoms with Gasteiger partial charge in [-0.1, -0.05) is 18.2 Å². The molecule has 1 atom stereocenters. The molecule has 0 radical (unpaired) electrons. The molecule has 168 valence electrons. The van der Waals surface area contributed by atoms with Crippen LogP contribution in [-0.4, -0.2) is 40.9 Å². The van der Waals surface area contributed by atoms with E-state index in [2.05, 4.69) is 4.98 Å². The number of benzene rings is 2. The Hall–Kier alpha value is -4.13. The van der Waals surface area contributed by atoms with E-state index in [4.69, 9.17) is 9.47 Å². The zero-order valence-corrected chi connectivity index (χ0v) is 18.6. The number of ketones is 1. The van der Waals surface area contributed by atoms with Crippen molar-refractivity contribution >= 4 is 17.4 Å². The summed E-state index contributed by atoms with van der Waals surface area (Å²) in [7, 11) is 3.13. The zero-order valence-electron chi connectivity index (χ0n) is 18.6. The van der Waals surface area contributed by atoms with E-state index in [-0.39, 0.29) is 17.9 Å². The molecule has 2 aromatic carbocycles. The van der Waals surface area contributed by atoms with Gasteiger partial charge >= 0.3 is 0 Å². The molecule has 0 spiro atoms. The molecule has 1 N–H and O–H groups in total. The van der Waals surface area contributed by atoms with Gasteiger partial charge in [-0.15, -0.1) is 0 Å². The van der Waals surface area contributed by atoms with Crippen LogP contribution in [0.3, 0.4) is 0 Å². The Labute approximate surface area is 191 Å². The lowest BCUT2D eigenvalue weighted by Crippen LogP contribution is -2.29. The van der Waals surface area contributed by atoms with Crippen molar-refractivity contribution in [3.05, 3.63) is 94.8 Å². The van der Waals surface area contributed by atoms with E-state index in [9.17, 15) is 14.7 Å². The van der Waals surface area contributed by atoms with Gasteiger partial charge in [0, 0.05) is 24.5 Å². The second kappa shape index (κ2) is 9.16. The fourth-order valence-electron chi connectivity index (χ4n) is 4.05. The van der Waals surface area contributed by atoms with E-state index in [1.807, 2.05) is 13.0 Å². The maximum absolute atomic E-state index is 13.2. The summed E-state index contributed by atoms with van der Waals surface area (Å²) >= 11 is 0. The monoisotopic (exact) mass is 444 g/mol. The van der Waals surface area contributed by atoms with Gasteiger partial charge in [0.25, 0.3) is 11.7 Å². The molecule has 1 fully saturated rings. The van der Waals surface area contributed by atoms with Crippen LogP contribution in [0.2, 0.25) is 0 Å². The molecule has 1 aliphatic rings. The topological polar surface area (TPSA) is 89.0 Å². The first-order chi connectivity index (χ1) is 15.9. The van der Waals surface area contributed by atoms with Crippen molar-refractivity contribution in [2.24, 2.45) is 0 Å². The summed E-state index contributed by atoms with van der Waals surface area (Å²) in [5.74, 6) is -0.324. The van der Waals surface area contributed by atoms with Crippen LogP contribution in [0.5, 0.6) is 11.5 Å². The lowest BCUT2D eigenvalue weighted by atomic mass is 9.94. The predicted molar refractivity (Wildman–Crippen MR) is 123 cm³/mol. The summed E-state index contributed by atoms with van der Waals surface area (Å²) < 4.78 is 10.5. The number of aryl methyl sites for hydroxylation is 1. The normalized spacial score (nSPS) is 17.3. The number of amides is 1. The molecule has 2 heterocycles. The van der Waals surface area contributed by atoms with Crippen LogP contribution in [0.25, 0.3) is 5.76 Å². The largest absolute Gasteiger partial charge is 0.507 e. The third kappa shape index (κ3) is 4.17. The molecule has 1 amide bonds. The Morgan fingerprint density at radius 1 is 1.06 bits per heavy atom. The van der Waals surface area contributed by atoms with Crippen molar-refractivity contribution < 1.29 is 24.2 Å². The molecule has 1 saturated heterocycles. The number of pyridine rings is 1. The zero-order chi connectivity index (χ0) is 23.5. The molecular weight excluding hydrogens is 420 g/mol. The van der Waals surface area contributed by atoms with E-state index in [1.54, 1.807) is 75.1 Å². The summed E-state index contributed by atoms with van der Waals surface area (Å²) in [6.07, 6.45) is 3.29. The van der Waals surface area contributed by atoms with Crippen molar-refractivity contribution in [3.63, 3.8) is 0 Å². The van der Waals surface area contributed by atoms with Gasteiger partial charge < -0.3 is 19.5 Å². The third-order valence-electron chi connectivity index (χ3n) is 5.72. The molecule has 7 nitrogen and oxygen atoms in total. The summed E-state index contributed by atoms with van der Waals surface area (Å²) in [5.41, 5.74) is 2.74. The Bertz CT molecular complexity index is 1220. The quantitative estimate of drug-likeness (QED) is 0.351. The number of carbonyl (C=O) groups is 2. The van der Waals surface area contributed by atoms with Crippen LogP contribution >= 0.6 is 0 Å². The minimum atomic E-state index is -0.765. The van der Waals surface area contributed by atoms with Gasteiger partial charge in [-0.3, -0.25) is 14.6 Å². The number of nitrogens with zero attached hydrogens (tertiary/aromatic N) is 2. The second-order valence-electron chi connectivity index (χ2n) is 7.75. The predicted octanol–water partition coefficient (Wildman–Crippen LogP) is 4.03.